The standard InChI is InChI=1S/C11H18N4/c1-14-4-6-15(7-5-14)11-3-2-10(8-12)13-9-11/h2-3,9H,4-8,12H2,1H3. The average Bonchev–Trinajstić information content (AvgIpc) is 2.30. The summed E-state index contributed by atoms with van der Waals surface area (Å²) in [5.41, 5.74) is 7.67. The molecular formula is C11H18N4. The number of nitrogens with zero attached hydrogens (tertiary/aromatic N) is 3. The Morgan fingerprint density at radius 1 is 1.27 bits per heavy atom. The number of piperazine rings is 1. The monoisotopic (exact) mass is 206 g/mol. The maximum absolute atomic E-state index is 5.51. The summed E-state index contributed by atoms with van der Waals surface area (Å²) in [4.78, 5) is 9.02. The molecule has 0 spiro atoms. The van der Waals surface area contributed by atoms with E-state index < -0.39 is 0 Å². The van der Waals surface area contributed by atoms with Crippen LogP contribution in [0.15, 0.2) is 18.3 Å². The van der Waals surface area contributed by atoms with Gasteiger partial charge in [0, 0.05) is 32.7 Å². The fourth-order valence-corrected chi connectivity index (χ4v) is 1.79. The molecule has 2 N–H and O–H groups in total. The molecular weight excluding hydrogens is 188 g/mol. The van der Waals surface area contributed by atoms with Gasteiger partial charge in [0.2, 0.25) is 0 Å². The average molecular weight is 206 g/mol. The highest BCUT2D eigenvalue weighted by Crippen LogP contribution is 2.14. The molecule has 1 saturated heterocycles. The fourth-order valence-electron chi connectivity index (χ4n) is 1.79. The largest absolute Gasteiger partial charge is 0.368 e. The van der Waals surface area contributed by atoms with Crippen molar-refractivity contribution in [2.24, 2.45) is 5.73 Å². The molecule has 0 unspecified atom stereocenters. The van der Waals surface area contributed by atoms with Gasteiger partial charge in [-0.25, -0.2) is 0 Å². The molecule has 0 amide bonds. The van der Waals surface area contributed by atoms with Crippen LogP contribution in [0.2, 0.25) is 0 Å². The van der Waals surface area contributed by atoms with E-state index in [2.05, 4.69) is 27.9 Å². The zero-order valence-electron chi connectivity index (χ0n) is 9.19. The van der Waals surface area contributed by atoms with E-state index in [0.29, 0.717) is 6.54 Å². The topological polar surface area (TPSA) is 45.4 Å². The van der Waals surface area contributed by atoms with E-state index in [9.17, 15) is 0 Å². The van der Waals surface area contributed by atoms with Crippen LogP contribution in [0, 0.1) is 0 Å². The maximum Gasteiger partial charge on any atom is 0.0553 e. The number of likely N-dealkylation sites (N-methyl/N-ethyl adjacent to an activating group) is 1. The molecule has 15 heavy (non-hydrogen) atoms. The third-order valence-electron chi connectivity index (χ3n) is 2.89. The van der Waals surface area contributed by atoms with Gasteiger partial charge in [-0.05, 0) is 19.2 Å². The summed E-state index contributed by atoms with van der Waals surface area (Å²) >= 11 is 0. The van der Waals surface area contributed by atoms with Crippen molar-refractivity contribution >= 4 is 5.69 Å². The summed E-state index contributed by atoms with van der Waals surface area (Å²) in [5, 5.41) is 0. The molecule has 1 aromatic rings. The van der Waals surface area contributed by atoms with E-state index >= 15 is 0 Å². The molecule has 1 aliphatic rings. The summed E-state index contributed by atoms with van der Waals surface area (Å²) in [6, 6.07) is 4.12. The number of nitrogens with two attached hydrogens (primary N) is 1. The van der Waals surface area contributed by atoms with Crippen LogP contribution in [0.25, 0.3) is 0 Å². The van der Waals surface area contributed by atoms with Crippen LogP contribution in [0.5, 0.6) is 0 Å². The SMILES string of the molecule is CN1CCN(c2ccc(CN)nc2)CC1. The zero-order chi connectivity index (χ0) is 10.7. The van der Waals surface area contributed by atoms with Crippen LogP contribution in [-0.4, -0.2) is 43.1 Å². The van der Waals surface area contributed by atoms with Crippen LogP contribution in [0.1, 0.15) is 5.69 Å². The number of hydrogen-bond donors (Lipinski definition) is 1. The molecule has 0 atom stereocenters. The first-order valence-corrected chi connectivity index (χ1v) is 5.38. The van der Waals surface area contributed by atoms with E-state index in [4.69, 9.17) is 5.73 Å². The lowest BCUT2D eigenvalue weighted by Crippen LogP contribution is -2.44. The summed E-state index contributed by atoms with van der Waals surface area (Å²) in [5.74, 6) is 0. The van der Waals surface area contributed by atoms with Crippen molar-refractivity contribution in [3.63, 3.8) is 0 Å². The molecule has 0 aliphatic carbocycles. The van der Waals surface area contributed by atoms with E-state index in [1.165, 1.54) is 5.69 Å². The Morgan fingerprint density at radius 2 is 2.00 bits per heavy atom. The number of pyridine rings is 1. The predicted molar refractivity (Wildman–Crippen MR) is 61.8 cm³/mol. The Kier molecular flexibility index (Phi) is 3.18. The van der Waals surface area contributed by atoms with Crippen LogP contribution < -0.4 is 10.6 Å². The van der Waals surface area contributed by atoms with Crippen molar-refractivity contribution in [3.8, 4) is 0 Å². The van der Waals surface area contributed by atoms with Crippen LogP contribution in [0.4, 0.5) is 5.69 Å². The maximum atomic E-state index is 5.51. The second-order valence-corrected chi connectivity index (χ2v) is 4.00. The summed E-state index contributed by atoms with van der Waals surface area (Å²) in [6.45, 7) is 4.93. The smallest absolute Gasteiger partial charge is 0.0553 e. The van der Waals surface area contributed by atoms with Gasteiger partial charge in [-0.1, -0.05) is 0 Å². The van der Waals surface area contributed by atoms with Gasteiger partial charge in [0.1, 0.15) is 0 Å². The van der Waals surface area contributed by atoms with Gasteiger partial charge in [-0.15, -0.1) is 0 Å². The Balaban J connectivity index is 2.03. The minimum atomic E-state index is 0.517. The first kappa shape index (κ1) is 10.4. The van der Waals surface area contributed by atoms with Crippen molar-refractivity contribution in [1.29, 1.82) is 0 Å². The molecule has 2 rings (SSSR count). The van der Waals surface area contributed by atoms with E-state index in [-0.39, 0.29) is 0 Å². The third-order valence-corrected chi connectivity index (χ3v) is 2.89. The minimum absolute atomic E-state index is 0.517. The Labute approximate surface area is 90.7 Å². The van der Waals surface area contributed by atoms with Crippen molar-refractivity contribution < 1.29 is 0 Å². The number of aromatic nitrogens is 1. The number of hydrogen-bond acceptors (Lipinski definition) is 4. The molecule has 4 nitrogen and oxygen atoms in total. The summed E-state index contributed by atoms with van der Waals surface area (Å²) in [6.07, 6.45) is 1.92. The second kappa shape index (κ2) is 4.59. The van der Waals surface area contributed by atoms with Crippen molar-refractivity contribution in [2.45, 2.75) is 6.54 Å². The van der Waals surface area contributed by atoms with Crippen molar-refractivity contribution in [1.82, 2.24) is 9.88 Å². The number of anilines is 1. The van der Waals surface area contributed by atoms with Gasteiger partial charge < -0.3 is 15.5 Å². The first-order chi connectivity index (χ1) is 7.29. The molecule has 0 radical (unpaired) electrons. The highest BCUT2D eigenvalue weighted by molar-refractivity contribution is 5.45. The Morgan fingerprint density at radius 3 is 2.53 bits per heavy atom. The first-order valence-electron chi connectivity index (χ1n) is 5.38. The van der Waals surface area contributed by atoms with Gasteiger partial charge in [0.15, 0.2) is 0 Å². The molecule has 0 bridgehead atoms. The van der Waals surface area contributed by atoms with Gasteiger partial charge in [-0.3, -0.25) is 4.98 Å². The van der Waals surface area contributed by atoms with Gasteiger partial charge >= 0.3 is 0 Å². The molecule has 82 valence electrons. The quantitative estimate of drug-likeness (QED) is 0.755. The van der Waals surface area contributed by atoms with E-state index in [1.807, 2.05) is 12.3 Å². The molecule has 1 aromatic heterocycles. The lowest BCUT2D eigenvalue weighted by atomic mass is 10.2. The number of rotatable bonds is 2. The molecule has 2 heterocycles. The normalized spacial score (nSPS) is 18.1. The summed E-state index contributed by atoms with van der Waals surface area (Å²) in [7, 11) is 2.16. The molecule has 1 aliphatic heterocycles. The molecule has 1 fully saturated rings. The van der Waals surface area contributed by atoms with Gasteiger partial charge in [0.05, 0.1) is 17.6 Å². The second-order valence-electron chi connectivity index (χ2n) is 4.00. The summed E-state index contributed by atoms with van der Waals surface area (Å²) < 4.78 is 0. The van der Waals surface area contributed by atoms with Crippen LogP contribution in [-0.2, 0) is 6.54 Å². The highest BCUT2D eigenvalue weighted by atomic mass is 15.2. The molecule has 4 heteroatoms. The third kappa shape index (κ3) is 2.46. The van der Waals surface area contributed by atoms with Crippen LogP contribution in [0.3, 0.4) is 0 Å². The van der Waals surface area contributed by atoms with E-state index in [1.54, 1.807) is 0 Å². The minimum Gasteiger partial charge on any atom is -0.368 e. The fraction of sp³-hybridized carbons (Fsp3) is 0.545. The van der Waals surface area contributed by atoms with Crippen molar-refractivity contribution in [3.05, 3.63) is 24.0 Å². The Hall–Kier alpha value is -1.13. The molecule has 0 aromatic carbocycles. The van der Waals surface area contributed by atoms with E-state index in [0.717, 1.165) is 31.9 Å². The molecule has 0 saturated carbocycles. The van der Waals surface area contributed by atoms with Crippen molar-refractivity contribution in [2.75, 3.05) is 38.1 Å². The zero-order valence-corrected chi connectivity index (χ0v) is 9.19. The lowest BCUT2D eigenvalue weighted by molar-refractivity contribution is 0.313. The highest BCUT2D eigenvalue weighted by Gasteiger charge is 2.13. The predicted octanol–water partition coefficient (Wildman–Crippen LogP) is 0.292. The van der Waals surface area contributed by atoms with Gasteiger partial charge in [-0.2, -0.15) is 0 Å². The van der Waals surface area contributed by atoms with Crippen LogP contribution >= 0.6 is 0 Å². The lowest BCUT2D eigenvalue weighted by Gasteiger charge is -2.33. The Bertz CT molecular complexity index is 301. The van der Waals surface area contributed by atoms with Gasteiger partial charge in [0.25, 0.3) is 0 Å².